The molecule has 1 fully saturated rings. The lowest BCUT2D eigenvalue weighted by atomic mass is 10.0. The summed E-state index contributed by atoms with van der Waals surface area (Å²) < 4.78 is 0. The summed E-state index contributed by atoms with van der Waals surface area (Å²) in [5.74, 6) is -0.192. The van der Waals surface area contributed by atoms with Gasteiger partial charge in [-0.15, -0.1) is 0 Å². The fourth-order valence-electron chi connectivity index (χ4n) is 4.26. The molecule has 2 aliphatic rings. The summed E-state index contributed by atoms with van der Waals surface area (Å²) in [5, 5.41) is 3.22. The second-order valence-corrected chi connectivity index (χ2v) is 8.66. The fourth-order valence-corrected chi connectivity index (χ4v) is 4.42. The van der Waals surface area contributed by atoms with Crippen LogP contribution in [0.15, 0.2) is 12.1 Å². The Morgan fingerprint density at radius 2 is 2.07 bits per heavy atom. The van der Waals surface area contributed by atoms with E-state index in [-0.39, 0.29) is 11.8 Å². The van der Waals surface area contributed by atoms with E-state index < -0.39 is 0 Å². The van der Waals surface area contributed by atoms with Crippen LogP contribution in [0.4, 0.5) is 11.4 Å². The number of likely N-dealkylation sites (N-methyl/N-ethyl adjacent to an activating group) is 1. The molecule has 7 nitrogen and oxygen atoms in total. The molecular weight excluding hydrogens is 402 g/mol. The number of likely N-dealkylation sites (tertiary alicyclic amines) is 1. The number of nitrogen functional groups attached to an aromatic ring is 1. The van der Waals surface area contributed by atoms with Crippen LogP contribution in [0.2, 0.25) is 5.02 Å². The smallest absolute Gasteiger partial charge is 0.256 e. The second-order valence-electron chi connectivity index (χ2n) is 8.25. The molecule has 1 aromatic heterocycles. The molecule has 1 atom stereocenters. The number of benzene rings is 1. The molecule has 4 N–H and O–H groups in total. The standard InChI is InChI=1S/C22H26ClN5O2/c1-11-18(8-15-14-7-17(24)16(23)9-19(14)26-21(15)29)25-12(2)20(11)22(30)28-6-5-13(10-28)27(3)4/h7-9,13,25H,5-6,10,24H2,1-4H3,(H,26,29)/b15-8-/t13-/m0/s1. The van der Waals surface area contributed by atoms with Crippen LogP contribution in [0.3, 0.4) is 0 Å². The zero-order valence-corrected chi connectivity index (χ0v) is 18.4. The van der Waals surface area contributed by atoms with Crippen LogP contribution in [0.1, 0.15) is 39.3 Å². The van der Waals surface area contributed by atoms with Gasteiger partial charge in [0.1, 0.15) is 0 Å². The van der Waals surface area contributed by atoms with Crippen molar-refractivity contribution in [1.82, 2.24) is 14.8 Å². The maximum absolute atomic E-state index is 13.2. The molecule has 0 unspecified atom stereocenters. The summed E-state index contributed by atoms with van der Waals surface area (Å²) in [7, 11) is 4.08. The van der Waals surface area contributed by atoms with Crippen LogP contribution in [-0.2, 0) is 4.79 Å². The number of nitrogens with zero attached hydrogens (tertiary/aromatic N) is 2. The van der Waals surface area contributed by atoms with Gasteiger partial charge in [-0.05, 0) is 58.1 Å². The molecule has 0 aliphatic carbocycles. The van der Waals surface area contributed by atoms with Crippen LogP contribution in [-0.4, -0.2) is 59.8 Å². The lowest BCUT2D eigenvalue weighted by Crippen LogP contribution is -2.34. The average Bonchev–Trinajstić information content (AvgIpc) is 3.35. The SMILES string of the molecule is Cc1[nH]c(/C=C2\C(=O)Nc3cc(Cl)c(N)cc32)c(C)c1C(=O)N1CC[C@H](N(C)C)C1. The van der Waals surface area contributed by atoms with Gasteiger partial charge < -0.3 is 25.8 Å². The number of nitrogens with one attached hydrogen (secondary N) is 2. The van der Waals surface area contributed by atoms with Crippen molar-refractivity contribution in [2.75, 3.05) is 38.2 Å². The minimum absolute atomic E-state index is 0.0301. The third-order valence-electron chi connectivity index (χ3n) is 6.08. The highest BCUT2D eigenvalue weighted by atomic mass is 35.5. The Morgan fingerprint density at radius 3 is 2.73 bits per heavy atom. The summed E-state index contributed by atoms with van der Waals surface area (Å²) in [4.78, 5) is 33.1. The van der Waals surface area contributed by atoms with Crippen molar-refractivity contribution >= 4 is 46.4 Å². The number of H-pyrrole nitrogens is 1. The van der Waals surface area contributed by atoms with E-state index in [4.69, 9.17) is 17.3 Å². The Morgan fingerprint density at radius 1 is 1.33 bits per heavy atom. The fraction of sp³-hybridized carbons (Fsp3) is 0.364. The number of carbonyl (C=O) groups is 2. The van der Waals surface area contributed by atoms with E-state index in [0.29, 0.717) is 39.1 Å². The van der Waals surface area contributed by atoms with Gasteiger partial charge >= 0.3 is 0 Å². The van der Waals surface area contributed by atoms with E-state index in [1.165, 1.54) is 0 Å². The molecule has 2 amide bonds. The highest BCUT2D eigenvalue weighted by Crippen LogP contribution is 2.38. The van der Waals surface area contributed by atoms with Crippen LogP contribution >= 0.6 is 11.6 Å². The van der Waals surface area contributed by atoms with Crippen molar-refractivity contribution in [2.24, 2.45) is 0 Å². The summed E-state index contributed by atoms with van der Waals surface area (Å²) in [6.07, 6.45) is 2.75. The molecule has 2 aliphatic heterocycles. The van der Waals surface area contributed by atoms with Gasteiger partial charge in [-0.25, -0.2) is 0 Å². The number of fused-ring (bicyclic) bond motifs is 1. The number of rotatable bonds is 3. The Balaban J connectivity index is 1.68. The van der Waals surface area contributed by atoms with Crippen molar-refractivity contribution in [3.8, 4) is 0 Å². The number of anilines is 2. The monoisotopic (exact) mass is 427 g/mol. The highest BCUT2D eigenvalue weighted by Gasteiger charge is 2.31. The van der Waals surface area contributed by atoms with Crippen molar-refractivity contribution in [1.29, 1.82) is 0 Å². The Labute approximate surface area is 180 Å². The summed E-state index contributed by atoms with van der Waals surface area (Å²) >= 11 is 6.08. The van der Waals surface area contributed by atoms with E-state index in [9.17, 15) is 9.59 Å². The van der Waals surface area contributed by atoms with Gasteiger partial charge in [-0.1, -0.05) is 11.6 Å². The third-order valence-corrected chi connectivity index (χ3v) is 6.41. The maximum Gasteiger partial charge on any atom is 0.256 e. The zero-order valence-electron chi connectivity index (χ0n) is 17.6. The zero-order chi connectivity index (χ0) is 21.7. The van der Waals surface area contributed by atoms with E-state index in [0.717, 1.165) is 36.5 Å². The number of aromatic amines is 1. The molecule has 3 heterocycles. The molecule has 8 heteroatoms. The first-order valence-electron chi connectivity index (χ1n) is 9.94. The molecule has 2 aromatic rings. The average molecular weight is 428 g/mol. The molecule has 30 heavy (non-hydrogen) atoms. The van der Waals surface area contributed by atoms with Crippen LogP contribution in [0, 0.1) is 13.8 Å². The topological polar surface area (TPSA) is 94.5 Å². The summed E-state index contributed by atoms with van der Waals surface area (Å²) in [6.45, 7) is 5.27. The normalized spacial score (nSPS) is 19.7. The van der Waals surface area contributed by atoms with Crippen molar-refractivity contribution in [3.63, 3.8) is 0 Å². The van der Waals surface area contributed by atoms with Crippen molar-refractivity contribution in [2.45, 2.75) is 26.3 Å². The summed E-state index contributed by atoms with van der Waals surface area (Å²) in [5.41, 5.74) is 11.2. The minimum Gasteiger partial charge on any atom is -0.398 e. The number of hydrogen-bond acceptors (Lipinski definition) is 4. The predicted octanol–water partition coefficient (Wildman–Crippen LogP) is 3.14. The number of halogens is 1. The second kappa shape index (κ2) is 7.49. The number of amides is 2. The molecule has 1 aromatic carbocycles. The van der Waals surface area contributed by atoms with E-state index in [2.05, 4.69) is 15.2 Å². The molecule has 4 rings (SSSR count). The lowest BCUT2D eigenvalue weighted by Gasteiger charge is -2.20. The number of aryl methyl sites for hydroxylation is 1. The number of aromatic nitrogens is 1. The van der Waals surface area contributed by atoms with Gasteiger partial charge in [-0.3, -0.25) is 9.59 Å². The predicted molar refractivity (Wildman–Crippen MR) is 121 cm³/mol. The molecule has 0 bridgehead atoms. The summed E-state index contributed by atoms with van der Waals surface area (Å²) in [6, 6.07) is 3.73. The first kappa shape index (κ1) is 20.5. The minimum atomic E-state index is -0.223. The van der Waals surface area contributed by atoms with Crippen LogP contribution < -0.4 is 11.1 Å². The van der Waals surface area contributed by atoms with Crippen LogP contribution in [0.25, 0.3) is 11.6 Å². The quantitative estimate of drug-likeness (QED) is 0.518. The van der Waals surface area contributed by atoms with Gasteiger partial charge in [-0.2, -0.15) is 0 Å². The van der Waals surface area contributed by atoms with E-state index in [1.54, 1.807) is 18.2 Å². The Bertz CT molecular complexity index is 1090. The molecule has 158 valence electrons. The molecule has 1 saturated heterocycles. The molecular formula is C22H26ClN5O2. The van der Waals surface area contributed by atoms with Crippen LogP contribution in [0.5, 0.6) is 0 Å². The van der Waals surface area contributed by atoms with Crippen molar-refractivity contribution < 1.29 is 9.59 Å². The molecule has 0 saturated carbocycles. The first-order valence-corrected chi connectivity index (χ1v) is 10.3. The lowest BCUT2D eigenvalue weighted by molar-refractivity contribution is -0.110. The van der Waals surface area contributed by atoms with E-state index in [1.807, 2.05) is 32.8 Å². The maximum atomic E-state index is 13.2. The number of hydrogen-bond donors (Lipinski definition) is 3. The van der Waals surface area contributed by atoms with Crippen molar-refractivity contribution in [3.05, 3.63) is 45.2 Å². The van der Waals surface area contributed by atoms with Gasteiger partial charge in [0.25, 0.3) is 11.8 Å². The highest BCUT2D eigenvalue weighted by molar-refractivity contribution is 6.38. The first-order chi connectivity index (χ1) is 14.2. The third kappa shape index (κ3) is 3.38. The molecule has 0 radical (unpaired) electrons. The Kier molecular flexibility index (Phi) is 5.11. The van der Waals surface area contributed by atoms with Gasteiger partial charge in [0.05, 0.1) is 27.5 Å². The van der Waals surface area contributed by atoms with E-state index >= 15 is 0 Å². The number of nitrogens with two attached hydrogens (primary N) is 1. The van der Waals surface area contributed by atoms with Gasteiger partial charge in [0.2, 0.25) is 0 Å². The number of carbonyl (C=O) groups excluding carboxylic acids is 2. The molecule has 0 spiro atoms. The Hall–Kier alpha value is -2.77. The largest absolute Gasteiger partial charge is 0.398 e. The van der Waals surface area contributed by atoms with Gasteiger partial charge in [0, 0.05) is 36.1 Å². The van der Waals surface area contributed by atoms with Gasteiger partial charge in [0.15, 0.2) is 0 Å².